The predicted octanol–water partition coefficient (Wildman–Crippen LogP) is 3.29. The van der Waals surface area contributed by atoms with Gasteiger partial charge in [0.05, 0.1) is 6.61 Å². The molecule has 0 aliphatic carbocycles. The fourth-order valence-electron chi connectivity index (χ4n) is 1.12. The topological polar surface area (TPSA) is 26.3 Å². The quantitative estimate of drug-likeness (QED) is 0.560. The number of hydrogen-bond acceptors (Lipinski definition) is 2. The molecule has 0 heterocycles. The lowest BCUT2D eigenvalue weighted by Gasteiger charge is -2.07. The summed E-state index contributed by atoms with van der Waals surface area (Å²) in [6.07, 6.45) is 4.26. The average molecular weight is 218 g/mol. The minimum absolute atomic E-state index is 0.274. The molecule has 2 heteroatoms. The molecular formula is C14H18O2. The number of ether oxygens (including phenoxy) is 1. The Labute approximate surface area is 96.9 Å². The van der Waals surface area contributed by atoms with E-state index in [0.717, 1.165) is 12.0 Å². The molecule has 0 unspecified atom stereocenters. The second-order valence-corrected chi connectivity index (χ2v) is 3.89. The van der Waals surface area contributed by atoms with E-state index in [1.807, 2.05) is 30.3 Å². The van der Waals surface area contributed by atoms with Crippen LogP contribution in [-0.4, -0.2) is 12.6 Å². The Bertz CT molecular complexity index is 341. The summed E-state index contributed by atoms with van der Waals surface area (Å²) in [5, 5.41) is 0. The normalized spacial score (nSPS) is 12.6. The van der Waals surface area contributed by atoms with Crippen LogP contribution in [0.25, 0.3) is 6.08 Å². The van der Waals surface area contributed by atoms with Crippen LogP contribution in [0.1, 0.15) is 25.8 Å². The van der Waals surface area contributed by atoms with Gasteiger partial charge in [0.15, 0.2) is 0 Å². The van der Waals surface area contributed by atoms with E-state index < -0.39 is 0 Å². The summed E-state index contributed by atoms with van der Waals surface area (Å²) in [5.41, 5.74) is 1.00. The summed E-state index contributed by atoms with van der Waals surface area (Å²) < 4.78 is 5.09. The number of benzene rings is 1. The van der Waals surface area contributed by atoms with E-state index >= 15 is 0 Å². The molecular weight excluding hydrogens is 200 g/mol. The zero-order chi connectivity index (χ0) is 11.8. The van der Waals surface area contributed by atoms with Crippen LogP contribution >= 0.6 is 0 Å². The first kappa shape index (κ1) is 12.5. The summed E-state index contributed by atoms with van der Waals surface area (Å²) in [5.74, 6) is 0.151. The Morgan fingerprint density at radius 1 is 1.38 bits per heavy atom. The molecule has 0 spiro atoms. The van der Waals surface area contributed by atoms with Gasteiger partial charge in [0, 0.05) is 6.08 Å². The van der Waals surface area contributed by atoms with Crippen molar-refractivity contribution in [3.63, 3.8) is 0 Å². The number of esters is 1. The molecule has 0 N–H and O–H groups in total. The summed E-state index contributed by atoms with van der Waals surface area (Å²) in [4.78, 5) is 11.3. The summed E-state index contributed by atoms with van der Waals surface area (Å²) >= 11 is 0. The van der Waals surface area contributed by atoms with Gasteiger partial charge in [0.2, 0.25) is 0 Å². The van der Waals surface area contributed by atoms with Crippen LogP contribution in [0.4, 0.5) is 0 Å². The minimum Gasteiger partial charge on any atom is -0.462 e. The highest BCUT2D eigenvalue weighted by atomic mass is 16.5. The van der Waals surface area contributed by atoms with Crippen LogP contribution in [-0.2, 0) is 9.53 Å². The molecule has 0 bridgehead atoms. The average Bonchev–Trinajstić information content (AvgIpc) is 2.34. The summed E-state index contributed by atoms with van der Waals surface area (Å²) in [7, 11) is 0. The van der Waals surface area contributed by atoms with Gasteiger partial charge in [-0.2, -0.15) is 0 Å². The van der Waals surface area contributed by atoms with Crippen molar-refractivity contribution in [1.82, 2.24) is 0 Å². The predicted molar refractivity (Wildman–Crippen MR) is 65.9 cm³/mol. The standard InChI is InChI=1S/C14H18O2/c1-3-12(2)11-16-14(15)10-9-13-7-5-4-6-8-13/h4-10,12H,3,11H2,1-2H3/b10-9+/t12-/m0/s1. The maximum atomic E-state index is 11.3. The zero-order valence-corrected chi connectivity index (χ0v) is 9.85. The van der Waals surface area contributed by atoms with Gasteiger partial charge in [-0.1, -0.05) is 50.6 Å². The molecule has 86 valence electrons. The van der Waals surface area contributed by atoms with Gasteiger partial charge in [-0.15, -0.1) is 0 Å². The van der Waals surface area contributed by atoms with Crippen molar-refractivity contribution in [2.75, 3.05) is 6.61 Å². The van der Waals surface area contributed by atoms with Crippen molar-refractivity contribution in [1.29, 1.82) is 0 Å². The first-order valence-electron chi connectivity index (χ1n) is 5.62. The van der Waals surface area contributed by atoms with Crippen LogP contribution in [0.3, 0.4) is 0 Å². The van der Waals surface area contributed by atoms with Gasteiger partial charge in [-0.3, -0.25) is 0 Å². The molecule has 16 heavy (non-hydrogen) atoms. The number of hydrogen-bond donors (Lipinski definition) is 0. The lowest BCUT2D eigenvalue weighted by Crippen LogP contribution is -2.08. The van der Waals surface area contributed by atoms with E-state index in [2.05, 4.69) is 13.8 Å². The van der Waals surface area contributed by atoms with Crippen molar-refractivity contribution in [2.45, 2.75) is 20.3 Å². The van der Waals surface area contributed by atoms with Gasteiger partial charge in [-0.05, 0) is 17.6 Å². The van der Waals surface area contributed by atoms with Gasteiger partial charge < -0.3 is 4.74 Å². The SMILES string of the molecule is CC[C@H](C)COC(=O)/C=C/c1ccccc1. The molecule has 0 saturated carbocycles. The molecule has 1 rings (SSSR count). The van der Waals surface area contributed by atoms with Crippen molar-refractivity contribution < 1.29 is 9.53 Å². The number of carbonyl (C=O) groups excluding carboxylic acids is 1. The first-order chi connectivity index (χ1) is 7.72. The van der Waals surface area contributed by atoms with E-state index in [0.29, 0.717) is 12.5 Å². The van der Waals surface area contributed by atoms with Gasteiger partial charge >= 0.3 is 5.97 Å². The highest BCUT2D eigenvalue weighted by molar-refractivity contribution is 5.86. The van der Waals surface area contributed by atoms with Crippen molar-refractivity contribution in [3.05, 3.63) is 42.0 Å². The maximum absolute atomic E-state index is 11.3. The van der Waals surface area contributed by atoms with E-state index in [-0.39, 0.29) is 5.97 Å². The monoisotopic (exact) mass is 218 g/mol. The number of carbonyl (C=O) groups is 1. The van der Waals surface area contributed by atoms with Gasteiger partial charge in [0.25, 0.3) is 0 Å². The smallest absolute Gasteiger partial charge is 0.330 e. The fraction of sp³-hybridized carbons (Fsp3) is 0.357. The number of rotatable bonds is 5. The molecule has 1 aromatic carbocycles. The molecule has 0 aromatic heterocycles. The van der Waals surface area contributed by atoms with Crippen LogP contribution in [0.15, 0.2) is 36.4 Å². The molecule has 0 amide bonds. The highest BCUT2D eigenvalue weighted by Crippen LogP contribution is 2.03. The van der Waals surface area contributed by atoms with Crippen LogP contribution in [0, 0.1) is 5.92 Å². The zero-order valence-electron chi connectivity index (χ0n) is 9.85. The molecule has 0 saturated heterocycles. The first-order valence-corrected chi connectivity index (χ1v) is 5.62. The third-order valence-electron chi connectivity index (χ3n) is 2.42. The van der Waals surface area contributed by atoms with Crippen LogP contribution < -0.4 is 0 Å². The van der Waals surface area contributed by atoms with Crippen molar-refractivity contribution in [2.24, 2.45) is 5.92 Å². The third kappa shape index (κ3) is 4.78. The Balaban J connectivity index is 2.37. The second-order valence-electron chi connectivity index (χ2n) is 3.89. The molecule has 0 radical (unpaired) electrons. The molecule has 0 fully saturated rings. The molecule has 1 atom stereocenters. The Morgan fingerprint density at radius 3 is 2.69 bits per heavy atom. The molecule has 1 aromatic rings. The second kappa shape index (κ2) is 6.83. The van der Waals surface area contributed by atoms with E-state index in [1.54, 1.807) is 6.08 Å². The van der Waals surface area contributed by atoms with E-state index in [1.165, 1.54) is 6.08 Å². The van der Waals surface area contributed by atoms with Gasteiger partial charge in [0.1, 0.15) is 0 Å². The largest absolute Gasteiger partial charge is 0.462 e. The molecule has 2 nitrogen and oxygen atoms in total. The molecule has 0 aliphatic heterocycles. The lowest BCUT2D eigenvalue weighted by molar-refractivity contribution is -0.138. The Morgan fingerprint density at radius 2 is 2.06 bits per heavy atom. The highest BCUT2D eigenvalue weighted by Gasteiger charge is 2.01. The summed E-state index contributed by atoms with van der Waals surface area (Å²) in [6, 6.07) is 9.70. The summed E-state index contributed by atoms with van der Waals surface area (Å²) in [6.45, 7) is 4.64. The van der Waals surface area contributed by atoms with E-state index in [9.17, 15) is 4.79 Å². The Hall–Kier alpha value is -1.57. The fourth-order valence-corrected chi connectivity index (χ4v) is 1.12. The minimum atomic E-state index is -0.274. The van der Waals surface area contributed by atoms with E-state index in [4.69, 9.17) is 4.74 Å². The van der Waals surface area contributed by atoms with Crippen molar-refractivity contribution >= 4 is 12.0 Å². The van der Waals surface area contributed by atoms with Crippen LogP contribution in [0.5, 0.6) is 0 Å². The van der Waals surface area contributed by atoms with Crippen molar-refractivity contribution in [3.8, 4) is 0 Å². The molecule has 0 aliphatic rings. The van der Waals surface area contributed by atoms with Gasteiger partial charge in [-0.25, -0.2) is 4.79 Å². The third-order valence-corrected chi connectivity index (χ3v) is 2.42. The Kier molecular flexibility index (Phi) is 5.34. The lowest BCUT2D eigenvalue weighted by atomic mass is 10.1. The maximum Gasteiger partial charge on any atom is 0.330 e. The van der Waals surface area contributed by atoms with Crippen LogP contribution in [0.2, 0.25) is 0 Å².